The van der Waals surface area contributed by atoms with E-state index in [4.69, 9.17) is 16.3 Å². The molecule has 3 aromatic carbocycles. The maximum Gasteiger partial charge on any atom is 0.255 e. The highest BCUT2D eigenvalue weighted by atomic mass is 35.5. The van der Waals surface area contributed by atoms with E-state index < -0.39 is 0 Å². The molecule has 1 aliphatic rings. The Balaban J connectivity index is 1.18. The zero-order valence-corrected chi connectivity index (χ0v) is 24.6. The van der Waals surface area contributed by atoms with Crippen LogP contribution in [-0.4, -0.2) is 74.9 Å². The fourth-order valence-electron chi connectivity index (χ4n) is 4.92. The van der Waals surface area contributed by atoms with E-state index >= 15 is 0 Å². The summed E-state index contributed by atoms with van der Waals surface area (Å²) in [4.78, 5) is 29.7. The predicted octanol–water partition coefficient (Wildman–Crippen LogP) is 5.84. The van der Waals surface area contributed by atoms with Crippen molar-refractivity contribution in [2.45, 2.75) is 31.0 Å². The van der Waals surface area contributed by atoms with Gasteiger partial charge in [0, 0.05) is 49.1 Å². The maximum atomic E-state index is 13.0. The molecule has 1 saturated heterocycles. The second kappa shape index (κ2) is 13.2. The molecular formula is C31H32ClN5O3S. The van der Waals surface area contributed by atoms with E-state index in [9.17, 15) is 9.59 Å². The van der Waals surface area contributed by atoms with Gasteiger partial charge >= 0.3 is 0 Å². The van der Waals surface area contributed by atoms with Crippen LogP contribution >= 0.6 is 23.4 Å². The maximum absolute atomic E-state index is 13.0. The molecule has 1 unspecified atom stereocenters. The minimum Gasteiger partial charge on any atom is -0.497 e. The molecule has 0 bridgehead atoms. The van der Waals surface area contributed by atoms with Crippen LogP contribution < -0.4 is 4.74 Å². The number of methoxy groups -OCH3 is 1. The highest BCUT2D eigenvalue weighted by Gasteiger charge is 2.30. The number of hydrogen-bond acceptors (Lipinski definition) is 6. The van der Waals surface area contributed by atoms with Crippen molar-refractivity contribution in [2.24, 2.45) is 0 Å². The Kier molecular flexibility index (Phi) is 9.26. The number of carbonyl (C=O) groups is 2. The Bertz CT molecular complexity index is 1500. The third kappa shape index (κ3) is 6.57. The first-order valence-corrected chi connectivity index (χ1v) is 14.9. The van der Waals surface area contributed by atoms with Gasteiger partial charge in [0.1, 0.15) is 5.75 Å². The Labute approximate surface area is 249 Å². The van der Waals surface area contributed by atoms with Crippen LogP contribution in [0.3, 0.4) is 0 Å². The van der Waals surface area contributed by atoms with Crippen molar-refractivity contribution >= 4 is 35.2 Å². The molecule has 41 heavy (non-hydrogen) atoms. The van der Waals surface area contributed by atoms with Gasteiger partial charge in [0.15, 0.2) is 11.0 Å². The zero-order valence-electron chi connectivity index (χ0n) is 23.1. The molecule has 0 radical (unpaired) electrons. The van der Waals surface area contributed by atoms with Crippen LogP contribution in [0.15, 0.2) is 84.0 Å². The summed E-state index contributed by atoms with van der Waals surface area (Å²) in [5.41, 5.74) is 2.40. The van der Waals surface area contributed by atoms with E-state index in [0.717, 1.165) is 33.7 Å². The van der Waals surface area contributed by atoms with Gasteiger partial charge in [-0.1, -0.05) is 65.8 Å². The van der Waals surface area contributed by atoms with Crippen molar-refractivity contribution in [3.8, 4) is 22.8 Å². The SMILES string of the molecule is COc1ccc(-n2c(SCCCC(=O)N3CCN(C(=O)c4ccccc4Cl)C(C)C3)nnc2-c2ccccc2)cc1. The number of nitrogens with zero attached hydrogens (tertiary/aromatic N) is 5. The molecule has 10 heteroatoms. The van der Waals surface area contributed by atoms with Crippen molar-refractivity contribution in [3.05, 3.63) is 89.4 Å². The Morgan fingerprint density at radius 3 is 2.41 bits per heavy atom. The van der Waals surface area contributed by atoms with Crippen molar-refractivity contribution in [1.82, 2.24) is 24.6 Å². The second-order valence-electron chi connectivity index (χ2n) is 9.82. The van der Waals surface area contributed by atoms with Crippen LogP contribution in [0.4, 0.5) is 0 Å². The van der Waals surface area contributed by atoms with E-state index in [2.05, 4.69) is 10.2 Å². The quantitative estimate of drug-likeness (QED) is 0.180. The minimum atomic E-state index is -0.0950. The number of aromatic nitrogens is 3. The minimum absolute atomic E-state index is 0.0923. The lowest BCUT2D eigenvalue weighted by atomic mass is 10.1. The number of halogens is 1. The Morgan fingerprint density at radius 2 is 1.71 bits per heavy atom. The van der Waals surface area contributed by atoms with Crippen LogP contribution in [0.2, 0.25) is 5.02 Å². The lowest BCUT2D eigenvalue weighted by molar-refractivity contribution is -0.133. The first-order chi connectivity index (χ1) is 20.0. The van der Waals surface area contributed by atoms with Gasteiger partial charge in [-0.25, -0.2) is 0 Å². The Hall–Kier alpha value is -3.82. The summed E-state index contributed by atoms with van der Waals surface area (Å²) >= 11 is 7.82. The van der Waals surface area contributed by atoms with Crippen molar-refractivity contribution < 1.29 is 14.3 Å². The highest BCUT2D eigenvalue weighted by Crippen LogP contribution is 2.29. The molecule has 5 rings (SSSR count). The van der Waals surface area contributed by atoms with Crippen LogP contribution in [-0.2, 0) is 4.79 Å². The summed E-state index contributed by atoms with van der Waals surface area (Å²) in [5.74, 6) is 2.26. The van der Waals surface area contributed by atoms with E-state index in [1.807, 2.05) is 83.1 Å². The molecule has 8 nitrogen and oxygen atoms in total. The predicted molar refractivity (Wildman–Crippen MR) is 162 cm³/mol. The molecule has 1 aliphatic heterocycles. The molecule has 1 fully saturated rings. The number of benzene rings is 3. The van der Waals surface area contributed by atoms with Gasteiger partial charge < -0.3 is 14.5 Å². The summed E-state index contributed by atoms with van der Waals surface area (Å²) < 4.78 is 7.37. The molecule has 1 atom stereocenters. The van der Waals surface area contributed by atoms with Crippen molar-refractivity contribution in [2.75, 3.05) is 32.5 Å². The highest BCUT2D eigenvalue weighted by molar-refractivity contribution is 7.99. The number of ether oxygens (including phenoxy) is 1. The zero-order chi connectivity index (χ0) is 28.8. The molecule has 4 aromatic rings. The fraction of sp³-hybridized carbons (Fsp3) is 0.290. The molecular weight excluding hydrogens is 558 g/mol. The molecule has 212 valence electrons. The summed E-state index contributed by atoms with van der Waals surface area (Å²) in [6.07, 6.45) is 1.13. The molecule has 2 amide bonds. The summed E-state index contributed by atoms with van der Waals surface area (Å²) in [7, 11) is 1.65. The van der Waals surface area contributed by atoms with Gasteiger partial charge in [-0.2, -0.15) is 0 Å². The van der Waals surface area contributed by atoms with Gasteiger partial charge in [-0.05, 0) is 49.7 Å². The molecule has 0 spiro atoms. The summed E-state index contributed by atoms with van der Waals surface area (Å²) in [6, 6.07) is 24.8. The van der Waals surface area contributed by atoms with Crippen molar-refractivity contribution in [1.29, 1.82) is 0 Å². The number of thioether (sulfide) groups is 1. The van der Waals surface area contributed by atoms with E-state index in [1.165, 1.54) is 0 Å². The van der Waals surface area contributed by atoms with E-state index in [-0.39, 0.29) is 17.9 Å². The summed E-state index contributed by atoms with van der Waals surface area (Å²) in [6.45, 7) is 3.48. The normalized spacial score (nSPS) is 15.1. The third-order valence-electron chi connectivity index (χ3n) is 7.11. The van der Waals surface area contributed by atoms with Gasteiger partial charge in [0.05, 0.1) is 17.7 Å². The Morgan fingerprint density at radius 1 is 0.976 bits per heavy atom. The average molecular weight is 590 g/mol. The monoisotopic (exact) mass is 589 g/mol. The van der Waals surface area contributed by atoms with Gasteiger partial charge in [-0.15, -0.1) is 10.2 Å². The van der Waals surface area contributed by atoms with Gasteiger partial charge in [-0.3, -0.25) is 14.2 Å². The molecule has 0 saturated carbocycles. The van der Waals surface area contributed by atoms with Crippen molar-refractivity contribution in [3.63, 3.8) is 0 Å². The molecule has 2 heterocycles. The fourth-order valence-corrected chi connectivity index (χ4v) is 6.03. The van der Waals surface area contributed by atoms with Crippen LogP contribution in [0.5, 0.6) is 5.75 Å². The smallest absolute Gasteiger partial charge is 0.255 e. The first kappa shape index (κ1) is 28.7. The number of rotatable bonds is 9. The number of hydrogen-bond donors (Lipinski definition) is 0. The number of carbonyl (C=O) groups excluding carboxylic acids is 2. The molecule has 0 N–H and O–H groups in total. The number of piperazine rings is 1. The van der Waals surface area contributed by atoms with Crippen LogP contribution in [0.1, 0.15) is 30.1 Å². The largest absolute Gasteiger partial charge is 0.497 e. The molecule has 1 aromatic heterocycles. The van der Waals surface area contributed by atoms with E-state index in [0.29, 0.717) is 43.1 Å². The lowest BCUT2D eigenvalue weighted by Crippen LogP contribution is -2.55. The summed E-state index contributed by atoms with van der Waals surface area (Å²) in [5, 5.41) is 10.2. The first-order valence-electron chi connectivity index (χ1n) is 13.6. The molecule has 0 aliphatic carbocycles. The second-order valence-corrected chi connectivity index (χ2v) is 11.3. The van der Waals surface area contributed by atoms with Gasteiger partial charge in [0.25, 0.3) is 5.91 Å². The van der Waals surface area contributed by atoms with Crippen LogP contribution in [0, 0.1) is 0 Å². The number of amides is 2. The third-order valence-corrected chi connectivity index (χ3v) is 8.45. The van der Waals surface area contributed by atoms with E-state index in [1.54, 1.807) is 35.9 Å². The lowest BCUT2D eigenvalue weighted by Gasteiger charge is -2.40. The van der Waals surface area contributed by atoms with Gasteiger partial charge in [0.2, 0.25) is 5.91 Å². The average Bonchev–Trinajstić information content (AvgIpc) is 3.43. The van der Waals surface area contributed by atoms with Crippen LogP contribution in [0.25, 0.3) is 17.1 Å². The topological polar surface area (TPSA) is 80.6 Å². The standard InChI is InChI=1S/C31H32ClN5O3S/c1-22-21-35(18-19-36(22)30(39)26-11-6-7-12-27(26)32)28(38)13-8-20-41-31-34-33-29(23-9-4-3-5-10-23)37(31)24-14-16-25(40-2)17-15-24/h3-7,9-12,14-17,22H,8,13,18-21H2,1-2H3.